The number of anilines is 1. The number of Topliss-reactive ketones (excluding diaryl/α,β-unsaturated/α-hetero) is 1. The van der Waals surface area contributed by atoms with Crippen molar-refractivity contribution in [2.24, 2.45) is 0 Å². The molecular weight excluding hydrogens is 445 g/mol. The molecule has 32 heavy (non-hydrogen) atoms. The number of benzene rings is 3. The molecule has 1 N–H and O–H groups in total. The van der Waals surface area contributed by atoms with Crippen LogP contribution in [0.1, 0.15) is 53.2 Å². The molecule has 1 atom stereocenters. The monoisotopic (exact) mass is 467 g/mol. The fourth-order valence-corrected chi connectivity index (χ4v) is 4.31. The summed E-state index contributed by atoms with van der Waals surface area (Å²) in [6, 6.07) is 19.3. The van der Waals surface area contributed by atoms with Crippen molar-refractivity contribution >= 4 is 40.6 Å². The third kappa shape index (κ3) is 4.18. The first kappa shape index (κ1) is 22.5. The Morgan fingerprint density at radius 2 is 1.59 bits per heavy atom. The van der Waals surface area contributed by atoms with E-state index >= 15 is 0 Å². The van der Waals surface area contributed by atoms with Gasteiger partial charge in [0.15, 0.2) is 11.4 Å². The van der Waals surface area contributed by atoms with Crippen LogP contribution in [0, 0.1) is 0 Å². The van der Waals surface area contributed by atoms with Gasteiger partial charge in [-0.05, 0) is 47.4 Å². The van der Waals surface area contributed by atoms with Gasteiger partial charge in [0.05, 0.1) is 18.7 Å². The molecule has 0 saturated heterocycles. The smallest absolute Gasteiger partial charge is 0.264 e. The predicted molar refractivity (Wildman–Crippen MR) is 127 cm³/mol. The van der Waals surface area contributed by atoms with Crippen LogP contribution < -0.4 is 4.90 Å². The van der Waals surface area contributed by atoms with Crippen LogP contribution in [0.5, 0.6) is 0 Å². The molecule has 0 saturated carbocycles. The first-order valence-corrected chi connectivity index (χ1v) is 11.2. The first-order chi connectivity index (χ1) is 15.2. The summed E-state index contributed by atoms with van der Waals surface area (Å²) in [6.45, 7) is 4.39. The lowest BCUT2D eigenvalue weighted by Crippen LogP contribution is -2.41. The number of carbonyl (C=O) groups is 2. The van der Waals surface area contributed by atoms with E-state index in [2.05, 4.69) is 13.8 Å². The van der Waals surface area contributed by atoms with Crippen LogP contribution in [0.4, 0.5) is 5.69 Å². The van der Waals surface area contributed by atoms with E-state index in [0.717, 1.165) is 11.1 Å². The summed E-state index contributed by atoms with van der Waals surface area (Å²) in [5, 5.41) is 12.5. The SMILES string of the molecule is CC(C)c1ccc(C(=O)C[C@@]2(O)C(=O)N(Cc3ccc(Cl)cc3)c3ccc(Cl)cc32)cc1. The second kappa shape index (κ2) is 8.70. The summed E-state index contributed by atoms with van der Waals surface area (Å²) < 4.78 is 0. The molecule has 1 heterocycles. The molecule has 0 spiro atoms. The van der Waals surface area contributed by atoms with Gasteiger partial charge in [-0.3, -0.25) is 9.59 Å². The number of fused-ring (bicyclic) bond motifs is 1. The Hall–Kier alpha value is -2.66. The molecule has 1 amide bonds. The zero-order valence-electron chi connectivity index (χ0n) is 17.8. The number of halogens is 2. The highest BCUT2D eigenvalue weighted by Crippen LogP contribution is 2.44. The average molecular weight is 468 g/mol. The minimum Gasteiger partial charge on any atom is -0.375 e. The number of hydrogen-bond donors (Lipinski definition) is 1. The highest BCUT2D eigenvalue weighted by atomic mass is 35.5. The minimum absolute atomic E-state index is 0.240. The van der Waals surface area contributed by atoms with E-state index in [1.165, 1.54) is 4.90 Å². The summed E-state index contributed by atoms with van der Waals surface area (Å²) in [5.74, 6) is -0.512. The van der Waals surface area contributed by atoms with Crippen molar-refractivity contribution in [3.63, 3.8) is 0 Å². The van der Waals surface area contributed by atoms with Crippen molar-refractivity contribution in [1.82, 2.24) is 0 Å². The second-order valence-electron chi connectivity index (χ2n) is 8.42. The van der Waals surface area contributed by atoms with Gasteiger partial charge in [-0.1, -0.05) is 73.4 Å². The Kier molecular flexibility index (Phi) is 6.13. The first-order valence-electron chi connectivity index (χ1n) is 10.4. The molecule has 164 valence electrons. The van der Waals surface area contributed by atoms with E-state index in [0.29, 0.717) is 32.8 Å². The molecule has 0 aromatic heterocycles. The summed E-state index contributed by atoms with van der Waals surface area (Å²) in [5.41, 5.74) is 1.32. The van der Waals surface area contributed by atoms with Crippen molar-refractivity contribution in [3.8, 4) is 0 Å². The Balaban J connectivity index is 1.66. The van der Waals surface area contributed by atoms with E-state index in [9.17, 15) is 14.7 Å². The van der Waals surface area contributed by atoms with Gasteiger partial charge in [0.1, 0.15) is 0 Å². The summed E-state index contributed by atoms with van der Waals surface area (Å²) in [7, 11) is 0. The van der Waals surface area contributed by atoms with Gasteiger partial charge >= 0.3 is 0 Å². The molecule has 0 bridgehead atoms. The molecule has 0 aliphatic carbocycles. The molecule has 1 aliphatic rings. The molecule has 1 aliphatic heterocycles. The van der Waals surface area contributed by atoms with Gasteiger partial charge in [0, 0.05) is 21.2 Å². The van der Waals surface area contributed by atoms with Crippen molar-refractivity contribution in [1.29, 1.82) is 0 Å². The van der Waals surface area contributed by atoms with E-state index in [4.69, 9.17) is 23.2 Å². The van der Waals surface area contributed by atoms with Gasteiger partial charge in [-0.25, -0.2) is 0 Å². The Morgan fingerprint density at radius 1 is 0.969 bits per heavy atom. The molecule has 4 nitrogen and oxygen atoms in total. The molecule has 0 radical (unpaired) electrons. The Morgan fingerprint density at radius 3 is 2.22 bits per heavy atom. The maximum atomic E-state index is 13.4. The number of amides is 1. The molecule has 0 fully saturated rings. The van der Waals surface area contributed by atoms with Crippen LogP contribution in [-0.2, 0) is 16.9 Å². The van der Waals surface area contributed by atoms with Crippen molar-refractivity contribution in [3.05, 3.63) is 99.0 Å². The van der Waals surface area contributed by atoms with Gasteiger partial charge < -0.3 is 10.0 Å². The van der Waals surface area contributed by atoms with Crippen LogP contribution >= 0.6 is 23.2 Å². The van der Waals surface area contributed by atoms with Crippen molar-refractivity contribution < 1.29 is 14.7 Å². The standard InChI is InChI=1S/C26H23Cl2NO3/c1-16(2)18-5-7-19(8-6-18)24(30)14-26(32)22-13-21(28)11-12-23(22)29(25(26)31)15-17-3-9-20(27)10-4-17/h3-13,16,32H,14-15H2,1-2H3/t26-/m0/s1. The van der Waals surface area contributed by atoms with Crippen LogP contribution in [0.25, 0.3) is 0 Å². The van der Waals surface area contributed by atoms with E-state index in [1.54, 1.807) is 42.5 Å². The largest absolute Gasteiger partial charge is 0.375 e. The third-order valence-corrected chi connectivity index (χ3v) is 6.35. The molecular formula is C26H23Cl2NO3. The van der Waals surface area contributed by atoms with Crippen LogP contribution in [0.2, 0.25) is 10.0 Å². The lowest BCUT2D eigenvalue weighted by molar-refractivity contribution is -0.136. The number of aliphatic hydroxyl groups is 1. The fourth-order valence-electron chi connectivity index (χ4n) is 4.01. The number of nitrogens with zero attached hydrogens (tertiary/aromatic N) is 1. The van der Waals surface area contributed by atoms with Crippen molar-refractivity contribution in [2.45, 2.75) is 38.3 Å². The Labute approximate surface area is 197 Å². The lowest BCUT2D eigenvalue weighted by Gasteiger charge is -2.23. The summed E-state index contributed by atoms with van der Waals surface area (Å²) >= 11 is 12.2. The van der Waals surface area contributed by atoms with Gasteiger partial charge in [0.25, 0.3) is 5.91 Å². The normalized spacial score (nSPS) is 17.7. The number of ketones is 1. The van der Waals surface area contributed by atoms with Gasteiger partial charge in [-0.2, -0.15) is 0 Å². The zero-order valence-corrected chi connectivity index (χ0v) is 19.3. The van der Waals surface area contributed by atoms with Crippen LogP contribution in [0.3, 0.4) is 0 Å². The molecule has 3 aromatic carbocycles. The zero-order chi connectivity index (χ0) is 23.0. The topological polar surface area (TPSA) is 57.6 Å². The quantitative estimate of drug-likeness (QED) is 0.443. The Bertz CT molecular complexity index is 1170. The highest BCUT2D eigenvalue weighted by Gasteiger charge is 2.51. The predicted octanol–water partition coefficient (Wildman–Crippen LogP) is 6.12. The lowest BCUT2D eigenvalue weighted by atomic mass is 9.87. The maximum absolute atomic E-state index is 13.4. The number of rotatable bonds is 6. The molecule has 6 heteroatoms. The molecule has 4 rings (SSSR count). The number of hydrogen-bond acceptors (Lipinski definition) is 3. The highest BCUT2D eigenvalue weighted by molar-refractivity contribution is 6.31. The van der Waals surface area contributed by atoms with E-state index in [1.807, 2.05) is 24.3 Å². The third-order valence-electron chi connectivity index (χ3n) is 5.86. The van der Waals surface area contributed by atoms with Crippen LogP contribution in [-0.4, -0.2) is 16.8 Å². The van der Waals surface area contributed by atoms with Crippen LogP contribution in [0.15, 0.2) is 66.7 Å². The second-order valence-corrected chi connectivity index (χ2v) is 9.29. The fraction of sp³-hybridized carbons (Fsp3) is 0.231. The van der Waals surface area contributed by atoms with Gasteiger partial charge in [0.2, 0.25) is 0 Å². The molecule has 0 unspecified atom stereocenters. The van der Waals surface area contributed by atoms with E-state index in [-0.39, 0.29) is 18.7 Å². The van der Waals surface area contributed by atoms with Gasteiger partial charge in [-0.15, -0.1) is 0 Å². The number of carbonyl (C=O) groups excluding carboxylic acids is 2. The van der Waals surface area contributed by atoms with Crippen molar-refractivity contribution in [2.75, 3.05) is 4.90 Å². The molecule has 3 aromatic rings. The summed E-state index contributed by atoms with van der Waals surface area (Å²) in [4.78, 5) is 28.0. The average Bonchev–Trinajstić information content (AvgIpc) is 2.96. The summed E-state index contributed by atoms with van der Waals surface area (Å²) in [6.07, 6.45) is -0.364. The van der Waals surface area contributed by atoms with E-state index < -0.39 is 11.5 Å². The minimum atomic E-state index is -1.99. The maximum Gasteiger partial charge on any atom is 0.264 e.